The van der Waals surface area contributed by atoms with Gasteiger partial charge in [0.1, 0.15) is 0 Å². The van der Waals surface area contributed by atoms with Crippen LogP contribution in [-0.4, -0.2) is 37.1 Å². The number of hydrogen-bond donors (Lipinski definition) is 1. The van der Waals surface area contributed by atoms with Crippen LogP contribution in [0.3, 0.4) is 0 Å². The van der Waals surface area contributed by atoms with Gasteiger partial charge in [0.05, 0.1) is 0 Å². The van der Waals surface area contributed by atoms with Gasteiger partial charge in [0, 0.05) is 11.1 Å². The van der Waals surface area contributed by atoms with Gasteiger partial charge < -0.3 is 10.2 Å². The van der Waals surface area contributed by atoms with Crippen molar-refractivity contribution in [3.8, 4) is 0 Å². The van der Waals surface area contributed by atoms with Crippen molar-refractivity contribution < 1.29 is 0 Å². The molecule has 3 heteroatoms. The Morgan fingerprint density at radius 1 is 1.25 bits per heavy atom. The van der Waals surface area contributed by atoms with Gasteiger partial charge in [-0.25, -0.2) is 0 Å². The van der Waals surface area contributed by atoms with Crippen LogP contribution in [0.25, 0.3) is 0 Å². The minimum absolute atomic E-state index is 0.703. The molecule has 2 nitrogen and oxygen atoms in total. The average molecular weight is 295 g/mol. The van der Waals surface area contributed by atoms with E-state index < -0.39 is 0 Å². The standard InChI is InChI=1S/C17H27ClN2/c1-3-20(4-2)10-6-9-19-17-12-15(13-17)14-7-5-8-16(18)11-14/h5,7-8,11,15,17,19H,3-4,6,9-10,12-13H2,1-2H3. The molecule has 1 aliphatic carbocycles. The molecule has 1 aromatic carbocycles. The minimum atomic E-state index is 0.703. The third-order valence-electron chi connectivity index (χ3n) is 4.44. The van der Waals surface area contributed by atoms with Gasteiger partial charge in [0.25, 0.3) is 0 Å². The molecule has 1 N–H and O–H groups in total. The van der Waals surface area contributed by atoms with Crippen molar-refractivity contribution in [3.63, 3.8) is 0 Å². The zero-order valence-electron chi connectivity index (χ0n) is 12.7. The molecule has 1 fully saturated rings. The topological polar surface area (TPSA) is 15.3 Å². The quantitative estimate of drug-likeness (QED) is 0.731. The first-order valence-corrected chi connectivity index (χ1v) is 8.32. The van der Waals surface area contributed by atoms with E-state index in [0.29, 0.717) is 12.0 Å². The maximum absolute atomic E-state index is 6.05. The number of rotatable bonds is 8. The molecular weight excluding hydrogens is 268 g/mol. The fraction of sp³-hybridized carbons (Fsp3) is 0.647. The lowest BCUT2D eigenvalue weighted by Crippen LogP contribution is -2.41. The van der Waals surface area contributed by atoms with Gasteiger partial charge >= 0.3 is 0 Å². The third kappa shape index (κ3) is 4.47. The molecule has 1 aromatic rings. The molecule has 2 rings (SSSR count). The Hall–Kier alpha value is -0.570. The number of hydrogen-bond acceptors (Lipinski definition) is 2. The molecule has 0 aliphatic heterocycles. The fourth-order valence-electron chi connectivity index (χ4n) is 2.97. The summed E-state index contributed by atoms with van der Waals surface area (Å²) in [5.41, 5.74) is 1.40. The van der Waals surface area contributed by atoms with E-state index in [2.05, 4.69) is 42.3 Å². The molecule has 0 unspecified atom stereocenters. The molecule has 1 aliphatic rings. The van der Waals surface area contributed by atoms with Crippen molar-refractivity contribution in [2.45, 2.75) is 45.1 Å². The van der Waals surface area contributed by atoms with E-state index >= 15 is 0 Å². The SMILES string of the molecule is CCN(CC)CCCNC1CC(c2cccc(Cl)c2)C1. The first kappa shape index (κ1) is 15.8. The predicted molar refractivity (Wildman–Crippen MR) is 87.6 cm³/mol. The van der Waals surface area contributed by atoms with Crippen LogP contribution < -0.4 is 5.32 Å². The second kappa shape index (κ2) is 8.02. The van der Waals surface area contributed by atoms with E-state index in [-0.39, 0.29) is 0 Å². The normalized spacial score (nSPS) is 22.0. The second-order valence-electron chi connectivity index (χ2n) is 5.75. The summed E-state index contributed by atoms with van der Waals surface area (Å²) < 4.78 is 0. The number of nitrogens with zero attached hydrogens (tertiary/aromatic N) is 1. The highest BCUT2D eigenvalue weighted by molar-refractivity contribution is 6.30. The Morgan fingerprint density at radius 2 is 2.00 bits per heavy atom. The van der Waals surface area contributed by atoms with Crippen molar-refractivity contribution in [2.75, 3.05) is 26.2 Å². The molecule has 0 bridgehead atoms. The summed E-state index contributed by atoms with van der Waals surface area (Å²) in [5, 5.41) is 4.54. The van der Waals surface area contributed by atoms with Crippen LogP contribution in [0.5, 0.6) is 0 Å². The van der Waals surface area contributed by atoms with E-state index in [1.165, 1.54) is 31.4 Å². The average Bonchev–Trinajstić information content (AvgIpc) is 2.40. The van der Waals surface area contributed by atoms with Gasteiger partial charge in [0.15, 0.2) is 0 Å². The smallest absolute Gasteiger partial charge is 0.0408 e. The lowest BCUT2D eigenvalue weighted by Gasteiger charge is -2.36. The highest BCUT2D eigenvalue weighted by Gasteiger charge is 2.29. The van der Waals surface area contributed by atoms with Gasteiger partial charge in [-0.2, -0.15) is 0 Å². The summed E-state index contributed by atoms with van der Waals surface area (Å²) in [5.74, 6) is 0.703. The summed E-state index contributed by atoms with van der Waals surface area (Å²) in [6.07, 6.45) is 3.76. The Balaban J connectivity index is 1.60. The maximum atomic E-state index is 6.05. The number of halogens is 1. The van der Waals surface area contributed by atoms with Crippen LogP contribution >= 0.6 is 11.6 Å². The Morgan fingerprint density at radius 3 is 2.65 bits per heavy atom. The van der Waals surface area contributed by atoms with E-state index in [1.54, 1.807) is 0 Å². The lowest BCUT2D eigenvalue weighted by atomic mass is 9.76. The van der Waals surface area contributed by atoms with Crippen LogP contribution in [0.15, 0.2) is 24.3 Å². The zero-order valence-corrected chi connectivity index (χ0v) is 13.5. The Labute approximate surface area is 128 Å². The minimum Gasteiger partial charge on any atom is -0.314 e. The van der Waals surface area contributed by atoms with E-state index in [1.807, 2.05) is 6.07 Å². The molecule has 0 heterocycles. The van der Waals surface area contributed by atoms with Crippen molar-refractivity contribution in [2.24, 2.45) is 0 Å². The second-order valence-corrected chi connectivity index (χ2v) is 6.19. The first-order chi connectivity index (χ1) is 9.72. The maximum Gasteiger partial charge on any atom is 0.0408 e. The molecular formula is C17H27ClN2. The molecule has 0 saturated heterocycles. The molecule has 1 saturated carbocycles. The van der Waals surface area contributed by atoms with Crippen LogP contribution in [0, 0.1) is 0 Å². The highest BCUT2D eigenvalue weighted by atomic mass is 35.5. The first-order valence-electron chi connectivity index (χ1n) is 7.94. The summed E-state index contributed by atoms with van der Waals surface area (Å²) in [4.78, 5) is 2.48. The summed E-state index contributed by atoms with van der Waals surface area (Å²) in [7, 11) is 0. The Kier molecular flexibility index (Phi) is 6.34. The molecule has 0 aromatic heterocycles. The predicted octanol–water partition coefficient (Wildman–Crippen LogP) is 3.91. The van der Waals surface area contributed by atoms with Gasteiger partial charge in [-0.15, -0.1) is 0 Å². The van der Waals surface area contributed by atoms with E-state index in [9.17, 15) is 0 Å². The van der Waals surface area contributed by atoms with Crippen LogP contribution in [0.4, 0.5) is 0 Å². The van der Waals surface area contributed by atoms with E-state index in [0.717, 1.165) is 24.7 Å². The Bertz CT molecular complexity index is 398. The van der Waals surface area contributed by atoms with Crippen LogP contribution in [0.2, 0.25) is 5.02 Å². The summed E-state index contributed by atoms with van der Waals surface area (Å²) in [6, 6.07) is 9.03. The van der Waals surface area contributed by atoms with Crippen molar-refractivity contribution in [1.29, 1.82) is 0 Å². The number of benzene rings is 1. The molecule has 112 valence electrons. The highest BCUT2D eigenvalue weighted by Crippen LogP contribution is 2.37. The van der Waals surface area contributed by atoms with Crippen LogP contribution in [0.1, 0.15) is 44.6 Å². The van der Waals surface area contributed by atoms with Crippen molar-refractivity contribution >= 4 is 11.6 Å². The molecule has 0 amide bonds. The van der Waals surface area contributed by atoms with Gasteiger partial charge in [0.2, 0.25) is 0 Å². The lowest BCUT2D eigenvalue weighted by molar-refractivity contribution is 0.268. The zero-order chi connectivity index (χ0) is 14.4. The molecule has 20 heavy (non-hydrogen) atoms. The number of nitrogens with one attached hydrogen (secondary N) is 1. The van der Waals surface area contributed by atoms with Gasteiger partial charge in [-0.05, 0) is 69.1 Å². The molecule has 0 radical (unpaired) electrons. The van der Waals surface area contributed by atoms with Gasteiger partial charge in [-0.3, -0.25) is 0 Å². The van der Waals surface area contributed by atoms with Crippen LogP contribution in [-0.2, 0) is 0 Å². The monoisotopic (exact) mass is 294 g/mol. The van der Waals surface area contributed by atoms with Crippen molar-refractivity contribution in [1.82, 2.24) is 10.2 Å². The molecule has 0 spiro atoms. The van der Waals surface area contributed by atoms with Crippen molar-refractivity contribution in [3.05, 3.63) is 34.9 Å². The summed E-state index contributed by atoms with van der Waals surface area (Å²) in [6.45, 7) is 9.15. The van der Waals surface area contributed by atoms with E-state index in [4.69, 9.17) is 11.6 Å². The van der Waals surface area contributed by atoms with Gasteiger partial charge in [-0.1, -0.05) is 37.6 Å². The fourth-order valence-corrected chi connectivity index (χ4v) is 3.16. The largest absolute Gasteiger partial charge is 0.314 e. The molecule has 0 atom stereocenters. The summed E-state index contributed by atoms with van der Waals surface area (Å²) >= 11 is 6.05. The third-order valence-corrected chi connectivity index (χ3v) is 4.67.